The summed E-state index contributed by atoms with van der Waals surface area (Å²) in [4.78, 5) is 11.1. The summed E-state index contributed by atoms with van der Waals surface area (Å²) in [7, 11) is 0. The van der Waals surface area contributed by atoms with Crippen molar-refractivity contribution in [2.75, 3.05) is 0 Å². The van der Waals surface area contributed by atoms with Gasteiger partial charge >= 0.3 is 0 Å². The molecule has 0 aliphatic heterocycles. The number of nitrogens with zero attached hydrogens (tertiary/aromatic N) is 1. The molecule has 1 aromatic heterocycles. The molecule has 0 unspecified atom stereocenters. The van der Waals surface area contributed by atoms with Crippen molar-refractivity contribution in [1.29, 1.82) is 0 Å². The average molecular weight is 229 g/mol. The molecule has 1 aromatic carbocycles. The summed E-state index contributed by atoms with van der Waals surface area (Å²) < 4.78 is 2.14. The molecule has 0 atom stereocenters. The molecule has 17 heavy (non-hydrogen) atoms. The molecule has 0 fully saturated rings. The highest BCUT2D eigenvalue weighted by Gasteiger charge is 2.07. The Morgan fingerprint density at radius 1 is 1.24 bits per heavy atom. The summed E-state index contributed by atoms with van der Waals surface area (Å²) in [6, 6.07) is 8.32. The Kier molecular flexibility index (Phi) is 3.62. The number of aldehydes is 1. The van der Waals surface area contributed by atoms with Crippen LogP contribution in [-0.2, 0) is 6.54 Å². The van der Waals surface area contributed by atoms with Crippen LogP contribution in [0.1, 0.15) is 42.2 Å². The smallest absolute Gasteiger partial charge is 0.166 e. The lowest BCUT2D eigenvalue weighted by molar-refractivity contribution is 0.111. The second kappa shape index (κ2) is 5.17. The van der Waals surface area contributed by atoms with Gasteiger partial charge in [0.1, 0.15) is 0 Å². The Morgan fingerprint density at radius 3 is 2.76 bits per heavy atom. The minimum atomic E-state index is 0.793. The first-order valence-corrected chi connectivity index (χ1v) is 6.31. The lowest BCUT2D eigenvalue weighted by Crippen LogP contribution is -2.02. The van der Waals surface area contributed by atoms with Crippen LogP contribution in [0, 0.1) is 6.92 Å². The van der Waals surface area contributed by atoms with E-state index in [1.807, 2.05) is 6.07 Å². The van der Waals surface area contributed by atoms with Crippen LogP contribution in [0.15, 0.2) is 24.3 Å². The van der Waals surface area contributed by atoms with Gasteiger partial charge in [-0.25, -0.2) is 0 Å². The Labute approximate surface area is 102 Å². The minimum Gasteiger partial charge on any atom is -0.338 e. The second-order valence-electron chi connectivity index (χ2n) is 4.61. The number of carbonyl (C=O) groups is 1. The molecular formula is C15H19NO. The largest absolute Gasteiger partial charge is 0.338 e. The highest BCUT2D eigenvalue weighted by molar-refractivity contribution is 5.89. The molecule has 2 heteroatoms. The number of fused-ring (bicyclic) bond motifs is 1. The second-order valence-corrected chi connectivity index (χ2v) is 4.61. The fraction of sp³-hybridized carbons (Fsp3) is 0.400. The predicted molar refractivity (Wildman–Crippen MR) is 71.6 cm³/mol. The molecule has 0 bridgehead atoms. The van der Waals surface area contributed by atoms with Gasteiger partial charge in [-0.1, -0.05) is 31.9 Å². The summed E-state index contributed by atoms with van der Waals surface area (Å²) in [5, 5.41) is 1.16. The van der Waals surface area contributed by atoms with Gasteiger partial charge < -0.3 is 4.57 Å². The van der Waals surface area contributed by atoms with Crippen molar-refractivity contribution in [3.63, 3.8) is 0 Å². The number of carbonyl (C=O) groups excluding carboxylic acids is 1. The molecule has 0 aliphatic carbocycles. The fourth-order valence-corrected chi connectivity index (χ4v) is 2.25. The van der Waals surface area contributed by atoms with E-state index in [9.17, 15) is 4.79 Å². The molecule has 0 N–H and O–H groups in total. The zero-order chi connectivity index (χ0) is 12.3. The van der Waals surface area contributed by atoms with E-state index in [1.165, 1.54) is 23.9 Å². The van der Waals surface area contributed by atoms with E-state index in [1.54, 1.807) is 0 Å². The maximum Gasteiger partial charge on any atom is 0.166 e. The SMILES string of the molecule is CCCCCn1c(C=O)cc2ccc(C)cc21. The van der Waals surface area contributed by atoms with E-state index in [0.29, 0.717) is 0 Å². The molecule has 0 saturated heterocycles. The molecule has 90 valence electrons. The predicted octanol–water partition coefficient (Wildman–Crippen LogP) is 3.95. The van der Waals surface area contributed by atoms with Gasteiger partial charge in [0.15, 0.2) is 6.29 Å². The number of hydrogen-bond donors (Lipinski definition) is 0. The average Bonchev–Trinajstić information content (AvgIpc) is 2.67. The van der Waals surface area contributed by atoms with Gasteiger partial charge in [0.2, 0.25) is 0 Å². The normalized spacial score (nSPS) is 10.9. The zero-order valence-corrected chi connectivity index (χ0v) is 10.6. The van der Waals surface area contributed by atoms with Crippen LogP contribution in [0.5, 0.6) is 0 Å². The molecule has 2 nitrogen and oxygen atoms in total. The van der Waals surface area contributed by atoms with E-state index in [-0.39, 0.29) is 0 Å². The topological polar surface area (TPSA) is 22.0 Å². The third-order valence-corrected chi connectivity index (χ3v) is 3.20. The van der Waals surface area contributed by atoms with Crippen molar-refractivity contribution in [1.82, 2.24) is 4.57 Å². The first-order valence-electron chi connectivity index (χ1n) is 6.31. The Hall–Kier alpha value is -1.57. The molecule has 2 rings (SSSR count). The van der Waals surface area contributed by atoms with Crippen LogP contribution in [0.25, 0.3) is 10.9 Å². The Balaban J connectivity index is 2.41. The van der Waals surface area contributed by atoms with E-state index < -0.39 is 0 Å². The third-order valence-electron chi connectivity index (χ3n) is 3.20. The first-order chi connectivity index (χ1) is 8.26. The standard InChI is InChI=1S/C15H19NO/c1-3-4-5-8-16-14(11-17)10-13-7-6-12(2)9-15(13)16/h6-7,9-11H,3-5,8H2,1-2H3. The van der Waals surface area contributed by atoms with Crippen molar-refractivity contribution in [3.05, 3.63) is 35.5 Å². The van der Waals surface area contributed by atoms with Crippen LogP contribution in [0.3, 0.4) is 0 Å². The van der Waals surface area contributed by atoms with Gasteiger partial charge in [0.05, 0.1) is 5.69 Å². The highest BCUT2D eigenvalue weighted by Crippen LogP contribution is 2.21. The minimum absolute atomic E-state index is 0.793. The van der Waals surface area contributed by atoms with Crippen molar-refractivity contribution < 1.29 is 4.79 Å². The number of aromatic nitrogens is 1. The van der Waals surface area contributed by atoms with Gasteiger partial charge in [0, 0.05) is 17.4 Å². The molecule has 1 heterocycles. The molecule has 0 amide bonds. The lowest BCUT2D eigenvalue weighted by Gasteiger charge is -2.07. The summed E-state index contributed by atoms with van der Waals surface area (Å²) in [6.45, 7) is 5.22. The molecular weight excluding hydrogens is 210 g/mol. The van der Waals surface area contributed by atoms with Crippen molar-refractivity contribution >= 4 is 17.2 Å². The maximum atomic E-state index is 11.1. The molecule has 2 aromatic rings. The zero-order valence-electron chi connectivity index (χ0n) is 10.6. The fourth-order valence-electron chi connectivity index (χ4n) is 2.25. The summed E-state index contributed by atoms with van der Waals surface area (Å²) in [5.74, 6) is 0. The van der Waals surface area contributed by atoms with E-state index in [4.69, 9.17) is 0 Å². The van der Waals surface area contributed by atoms with Crippen LogP contribution in [0.4, 0.5) is 0 Å². The molecule has 0 spiro atoms. The maximum absolute atomic E-state index is 11.1. The summed E-state index contributed by atoms with van der Waals surface area (Å²) >= 11 is 0. The number of aryl methyl sites for hydroxylation is 2. The first kappa shape index (κ1) is 11.9. The number of hydrogen-bond acceptors (Lipinski definition) is 1. The highest BCUT2D eigenvalue weighted by atomic mass is 16.1. The Morgan fingerprint density at radius 2 is 2.06 bits per heavy atom. The summed E-state index contributed by atoms with van der Waals surface area (Å²) in [5.41, 5.74) is 3.22. The quantitative estimate of drug-likeness (QED) is 0.562. The van der Waals surface area contributed by atoms with Crippen LogP contribution < -0.4 is 0 Å². The van der Waals surface area contributed by atoms with E-state index in [0.717, 1.165) is 30.3 Å². The van der Waals surface area contributed by atoms with Crippen molar-refractivity contribution in [2.24, 2.45) is 0 Å². The monoisotopic (exact) mass is 229 g/mol. The molecule has 0 radical (unpaired) electrons. The molecule has 0 aliphatic rings. The van der Waals surface area contributed by atoms with Gasteiger partial charge in [0.25, 0.3) is 0 Å². The van der Waals surface area contributed by atoms with Gasteiger partial charge in [-0.2, -0.15) is 0 Å². The number of rotatable bonds is 5. The number of unbranched alkanes of at least 4 members (excludes halogenated alkanes) is 2. The van der Waals surface area contributed by atoms with Gasteiger partial charge in [-0.15, -0.1) is 0 Å². The van der Waals surface area contributed by atoms with Crippen molar-refractivity contribution in [2.45, 2.75) is 39.7 Å². The molecule has 0 saturated carbocycles. The Bertz CT molecular complexity index is 525. The summed E-state index contributed by atoms with van der Waals surface area (Å²) in [6.07, 6.45) is 4.51. The van der Waals surface area contributed by atoms with Gasteiger partial charge in [-0.3, -0.25) is 4.79 Å². The van der Waals surface area contributed by atoms with Crippen LogP contribution >= 0.6 is 0 Å². The number of benzene rings is 1. The van der Waals surface area contributed by atoms with E-state index in [2.05, 4.69) is 36.6 Å². The van der Waals surface area contributed by atoms with Crippen molar-refractivity contribution in [3.8, 4) is 0 Å². The van der Waals surface area contributed by atoms with Gasteiger partial charge in [-0.05, 0) is 31.0 Å². The third kappa shape index (κ3) is 2.41. The van der Waals surface area contributed by atoms with Crippen LogP contribution in [0.2, 0.25) is 0 Å². The van der Waals surface area contributed by atoms with E-state index >= 15 is 0 Å². The van der Waals surface area contributed by atoms with Crippen LogP contribution in [-0.4, -0.2) is 10.9 Å². The lowest BCUT2D eigenvalue weighted by atomic mass is 10.2.